The van der Waals surface area contributed by atoms with E-state index in [0.717, 1.165) is 0 Å². The van der Waals surface area contributed by atoms with Crippen LogP contribution in [0.1, 0.15) is 0 Å². The van der Waals surface area contributed by atoms with E-state index in [1.165, 1.54) is 18.2 Å². The summed E-state index contributed by atoms with van der Waals surface area (Å²) in [7, 11) is 0. The molecule has 0 aliphatic heterocycles. The Balaban J connectivity index is 2.78. The lowest BCUT2D eigenvalue weighted by Gasteiger charge is -2.09. The Labute approximate surface area is 115 Å². The van der Waals surface area contributed by atoms with Crippen LogP contribution in [-0.2, 0) is 0 Å². The molecular formula is C11H3Cl3F3N. The first-order chi connectivity index (χ1) is 8.41. The van der Waals surface area contributed by atoms with Crippen LogP contribution in [0.25, 0.3) is 11.1 Å². The van der Waals surface area contributed by atoms with Crippen molar-refractivity contribution in [1.29, 1.82) is 0 Å². The first-order valence-corrected chi connectivity index (χ1v) is 5.70. The van der Waals surface area contributed by atoms with Crippen molar-refractivity contribution in [3.63, 3.8) is 0 Å². The Morgan fingerprint density at radius 3 is 2.22 bits per heavy atom. The molecule has 0 aliphatic carbocycles. The quantitative estimate of drug-likeness (QED) is 0.666. The number of pyridine rings is 1. The van der Waals surface area contributed by atoms with Crippen LogP contribution in [0.15, 0.2) is 18.2 Å². The van der Waals surface area contributed by atoms with E-state index in [1.54, 1.807) is 0 Å². The molecule has 0 amide bonds. The number of aromatic nitrogens is 1. The molecule has 0 radical (unpaired) electrons. The predicted octanol–water partition coefficient (Wildman–Crippen LogP) is 5.13. The van der Waals surface area contributed by atoms with Gasteiger partial charge in [-0.1, -0.05) is 40.9 Å². The molecule has 0 saturated carbocycles. The summed E-state index contributed by atoms with van der Waals surface area (Å²) in [4.78, 5) is 2.70. The standard InChI is InChI=1S/C11H3Cl3F3N/c12-4-1-2-5(6(13)3-4)7-8(14)10(16)18-11(17)9(7)15/h1-3H. The van der Waals surface area contributed by atoms with Gasteiger partial charge in [-0.2, -0.15) is 13.8 Å². The molecule has 0 aliphatic rings. The highest BCUT2D eigenvalue weighted by molar-refractivity contribution is 6.38. The van der Waals surface area contributed by atoms with Crippen LogP contribution in [-0.4, -0.2) is 4.98 Å². The summed E-state index contributed by atoms with van der Waals surface area (Å²) in [5.74, 6) is -4.26. The third kappa shape index (κ3) is 2.28. The summed E-state index contributed by atoms with van der Waals surface area (Å²) >= 11 is 17.1. The summed E-state index contributed by atoms with van der Waals surface area (Å²) in [6.45, 7) is 0. The number of rotatable bonds is 1. The number of halogens is 6. The molecule has 0 saturated heterocycles. The maximum Gasteiger partial charge on any atom is 0.252 e. The zero-order valence-electron chi connectivity index (χ0n) is 8.45. The molecule has 94 valence electrons. The highest BCUT2D eigenvalue weighted by Gasteiger charge is 2.22. The largest absolute Gasteiger partial charge is 0.252 e. The molecule has 2 rings (SSSR count). The van der Waals surface area contributed by atoms with Gasteiger partial charge in [0.25, 0.3) is 5.95 Å². The van der Waals surface area contributed by atoms with Crippen LogP contribution in [0.4, 0.5) is 13.2 Å². The average Bonchev–Trinajstić information content (AvgIpc) is 2.29. The molecule has 1 aromatic carbocycles. The van der Waals surface area contributed by atoms with E-state index in [0.29, 0.717) is 5.02 Å². The zero-order chi connectivity index (χ0) is 13.4. The van der Waals surface area contributed by atoms with E-state index < -0.39 is 28.3 Å². The molecule has 1 aromatic heterocycles. The van der Waals surface area contributed by atoms with Crippen LogP contribution in [0.3, 0.4) is 0 Å². The Hall–Kier alpha value is -0.970. The van der Waals surface area contributed by atoms with Gasteiger partial charge >= 0.3 is 0 Å². The molecule has 7 heteroatoms. The topological polar surface area (TPSA) is 12.9 Å². The Bertz CT molecular complexity index is 605. The lowest BCUT2D eigenvalue weighted by atomic mass is 10.1. The van der Waals surface area contributed by atoms with Crippen molar-refractivity contribution in [1.82, 2.24) is 4.98 Å². The second kappa shape index (κ2) is 4.96. The second-order valence-corrected chi connectivity index (χ2v) is 4.54. The van der Waals surface area contributed by atoms with Gasteiger partial charge in [0.15, 0.2) is 5.82 Å². The van der Waals surface area contributed by atoms with Crippen molar-refractivity contribution >= 4 is 34.8 Å². The minimum absolute atomic E-state index is 0.0216. The van der Waals surface area contributed by atoms with E-state index in [9.17, 15) is 13.2 Å². The van der Waals surface area contributed by atoms with Gasteiger partial charge in [0.2, 0.25) is 5.95 Å². The van der Waals surface area contributed by atoms with Crippen molar-refractivity contribution in [3.8, 4) is 11.1 Å². The smallest absolute Gasteiger partial charge is 0.201 e. The summed E-state index contributed by atoms with van der Waals surface area (Å²) in [6, 6.07) is 4.02. The maximum absolute atomic E-state index is 13.6. The molecule has 0 spiro atoms. The van der Waals surface area contributed by atoms with Crippen LogP contribution in [0.2, 0.25) is 15.1 Å². The Morgan fingerprint density at radius 2 is 1.61 bits per heavy atom. The number of nitrogens with zero attached hydrogens (tertiary/aromatic N) is 1. The van der Waals surface area contributed by atoms with Crippen LogP contribution in [0.5, 0.6) is 0 Å². The van der Waals surface area contributed by atoms with Crippen molar-refractivity contribution < 1.29 is 13.2 Å². The fourth-order valence-corrected chi connectivity index (χ4v) is 2.15. The average molecular weight is 313 g/mol. The predicted molar refractivity (Wildman–Crippen MR) is 64.6 cm³/mol. The first-order valence-electron chi connectivity index (χ1n) is 4.57. The van der Waals surface area contributed by atoms with Crippen molar-refractivity contribution in [2.45, 2.75) is 0 Å². The van der Waals surface area contributed by atoms with E-state index in [2.05, 4.69) is 4.98 Å². The minimum atomic E-state index is -1.59. The summed E-state index contributed by atoms with van der Waals surface area (Å²) in [5.41, 5.74) is -0.452. The zero-order valence-corrected chi connectivity index (χ0v) is 10.7. The normalized spacial score (nSPS) is 10.8. The second-order valence-electron chi connectivity index (χ2n) is 3.32. The number of hydrogen-bond donors (Lipinski definition) is 0. The van der Waals surface area contributed by atoms with Gasteiger partial charge in [-0.05, 0) is 12.1 Å². The van der Waals surface area contributed by atoms with Gasteiger partial charge < -0.3 is 0 Å². The van der Waals surface area contributed by atoms with Gasteiger partial charge in [0, 0.05) is 16.1 Å². The third-order valence-electron chi connectivity index (χ3n) is 2.20. The van der Waals surface area contributed by atoms with Gasteiger partial charge in [-0.3, -0.25) is 0 Å². The minimum Gasteiger partial charge on any atom is -0.201 e. The SMILES string of the molecule is Fc1nc(F)c(Cl)c(-c2ccc(Cl)cc2Cl)c1F. The van der Waals surface area contributed by atoms with Crippen molar-refractivity contribution in [2.75, 3.05) is 0 Å². The lowest BCUT2D eigenvalue weighted by Crippen LogP contribution is -1.99. The van der Waals surface area contributed by atoms with E-state index >= 15 is 0 Å². The molecule has 0 unspecified atom stereocenters. The Kier molecular flexibility index (Phi) is 3.71. The molecule has 0 atom stereocenters. The molecular weight excluding hydrogens is 309 g/mol. The van der Waals surface area contributed by atoms with Crippen LogP contribution < -0.4 is 0 Å². The molecule has 2 aromatic rings. The van der Waals surface area contributed by atoms with E-state index in [-0.39, 0.29) is 10.6 Å². The first kappa shape index (κ1) is 13.5. The fourth-order valence-electron chi connectivity index (χ4n) is 1.42. The third-order valence-corrected chi connectivity index (χ3v) is 3.09. The molecule has 1 nitrogen and oxygen atoms in total. The number of benzene rings is 1. The molecule has 0 fully saturated rings. The highest BCUT2D eigenvalue weighted by Crippen LogP contribution is 2.37. The van der Waals surface area contributed by atoms with E-state index in [4.69, 9.17) is 34.8 Å². The van der Waals surface area contributed by atoms with Gasteiger partial charge in [0.05, 0.1) is 5.02 Å². The van der Waals surface area contributed by atoms with E-state index in [1.807, 2.05) is 0 Å². The summed E-state index contributed by atoms with van der Waals surface area (Å²) in [6.07, 6.45) is 0. The highest BCUT2D eigenvalue weighted by atomic mass is 35.5. The fraction of sp³-hybridized carbons (Fsp3) is 0. The summed E-state index contributed by atoms with van der Waals surface area (Å²) in [5, 5.41) is -0.318. The lowest BCUT2D eigenvalue weighted by molar-refractivity contribution is 0.450. The summed E-state index contributed by atoms with van der Waals surface area (Å²) < 4.78 is 39.9. The molecule has 0 N–H and O–H groups in total. The molecule has 0 bridgehead atoms. The molecule has 1 heterocycles. The monoisotopic (exact) mass is 311 g/mol. The van der Waals surface area contributed by atoms with Gasteiger partial charge in [-0.15, -0.1) is 0 Å². The van der Waals surface area contributed by atoms with Crippen LogP contribution in [0, 0.1) is 17.7 Å². The van der Waals surface area contributed by atoms with Gasteiger partial charge in [-0.25, -0.2) is 4.39 Å². The number of hydrogen-bond acceptors (Lipinski definition) is 1. The van der Waals surface area contributed by atoms with Crippen LogP contribution >= 0.6 is 34.8 Å². The van der Waals surface area contributed by atoms with Gasteiger partial charge in [0.1, 0.15) is 5.02 Å². The molecule has 18 heavy (non-hydrogen) atoms. The maximum atomic E-state index is 13.6. The Morgan fingerprint density at radius 1 is 0.944 bits per heavy atom. The van der Waals surface area contributed by atoms with Crippen molar-refractivity contribution in [2.24, 2.45) is 0 Å². The van der Waals surface area contributed by atoms with Crippen molar-refractivity contribution in [3.05, 3.63) is 51.0 Å².